The molecule has 5 nitrogen and oxygen atoms in total. The summed E-state index contributed by atoms with van der Waals surface area (Å²) in [5, 5.41) is 12.9. The van der Waals surface area contributed by atoms with Crippen molar-refractivity contribution in [3.8, 4) is 0 Å². The molecule has 0 fully saturated rings. The van der Waals surface area contributed by atoms with Crippen molar-refractivity contribution in [1.82, 2.24) is 20.7 Å². The van der Waals surface area contributed by atoms with Crippen LogP contribution in [0.4, 0.5) is 0 Å². The highest BCUT2D eigenvalue weighted by Crippen LogP contribution is 1.97. The summed E-state index contributed by atoms with van der Waals surface area (Å²) in [5.41, 5.74) is 0.796. The van der Waals surface area contributed by atoms with Gasteiger partial charge in [0.05, 0.1) is 17.9 Å². The number of ketones is 1. The molecule has 0 aromatic carbocycles. The summed E-state index contributed by atoms with van der Waals surface area (Å²) < 4.78 is 0. The van der Waals surface area contributed by atoms with Crippen LogP contribution in [0.3, 0.4) is 0 Å². The van der Waals surface area contributed by atoms with Crippen molar-refractivity contribution in [3.05, 3.63) is 11.9 Å². The number of Topliss-reactive ketones (excluding diaryl/α,β-unsaturated/α-hetero) is 1. The first-order chi connectivity index (χ1) is 5.74. The zero-order chi connectivity index (χ0) is 8.97. The maximum atomic E-state index is 11.0. The molecule has 1 rings (SSSR count). The lowest BCUT2D eigenvalue weighted by Gasteiger charge is -2.09. The van der Waals surface area contributed by atoms with Gasteiger partial charge in [-0.1, -0.05) is 0 Å². The van der Waals surface area contributed by atoms with Gasteiger partial charge in [0.25, 0.3) is 0 Å². The van der Waals surface area contributed by atoms with Gasteiger partial charge in [-0.3, -0.25) is 4.79 Å². The predicted octanol–water partition coefficient (Wildman–Crippen LogP) is -0.476. The smallest absolute Gasteiger partial charge is 0.147 e. The number of nitrogens with one attached hydrogen (secondary N) is 2. The number of aromatic nitrogens is 3. The Balaban J connectivity index is 2.54. The van der Waals surface area contributed by atoms with E-state index in [0.29, 0.717) is 6.42 Å². The van der Waals surface area contributed by atoms with Crippen LogP contribution in [-0.4, -0.2) is 34.3 Å². The molecule has 1 heterocycles. The second-order valence-corrected chi connectivity index (χ2v) is 2.62. The summed E-state index contributed by atoms with van der Waals surface area (Å²) in [6, 6.07) is -0.157. The summed E-state index contributed by atoms with van der Waals surface area (Å²) in [6.07, 6.45) is 2.20. The van der Waals surface area contributed by atoms with Crippen molar-refractivity contribution in [2.75, 3.05) is 7.05 Å². The van der Waals surface area contributed by atoms with Crippen LogP contribution < -0.4 is 5.32 Å². The van der Waals surface area contributed by atoms with Crippen molar-refractivity contribution in [2.24, 2.45) is 0 Å². The average Bonchev–Trinajstić information content (AvgIpc) is 2.51. The normalized spacial score (nSPS) is 12.8. The molecule has 0 radical (unpaired) electrons. The van der Waals surface area contributed by atoms with Crippen LogP contribution in [-0.2, 0) is 11.2 Å². The topological polar surface area (TPSA) is 70.7 Å². The third kappa shape index (κ3) is 2.13. The molecule has 5 heteroatoms. The summed E-state index contributed by atoms with van der Waals surface area (Å²) >= 11 is 0. The standard InChI is InChI=1S/C7H12N4O/c1-5(12)7(8-2)3-6-4-9-11-10-6/h4,7-8H,3H2,1-2H3,(H,9,10,11)/t7-/m0/s1. The minimum atomic E-state index is -0.157. The van der Waals surface area contributed by atoms with E-state index in [4.69, 9.17) is 0 Å². The van der Waals surface area contributed by atoms with Gasteiger partial charge in [0.2, 0.25) is 0 Å². The number of aromatic amines is 1. The molecule has 0 spiro atoms. The lowest BCUT2D eigenvalue weighted by atomic mass is 10.1. The first kappa shape index (κ1) is 8.86. The van der Waals surface area contributed by atoms with Gasteiger partial charge in [-0.2, -0.15) is 15.4 Å². The van der Waals surface area contributed by atoms with E-state index in [9.17, 15) is 4.79 Å². The Morgan fingerprint density at radius 1 is 1.83 bits per heavy atom. The minimum Gasteiger partial charge on any atom is -0.310 e. The van der Waals surface area contributed by atoms with Gasteiger partial charge in [0, 0.05) is 6.42 Å². The van der Waals surface area contributed by atoms with Crippen molar-refractivity contribution in [2.45, 2.75) is 19.4 Å². The maximum Gasteiger partial charge on any atom is 0.147 e. The Morgan fingerprint density at radius 2 is 2.58 bits per heavy atom. The van der Waals surface area contributed by atoms with Crippen molar-refractivity contribution in [1.29, 1.82) is 0 Å². The molecular weight excluding hydrogens is 156 g/mol. The van der Waals surface area contributed by atoms with Gasteiger partial charge in [-0.15, -0.1) is 0 Å². The first-order valence-corrected chi connectivity index (χ1v) is 3.76. The van der Waals surface area contributed by atoms with Crippen LogP contribution in [0.5, 0.6) is 0 Å². The van der Waals surface area contributed by atoms with Crippen LogP contribution >= 0.6 is 0 Å². The van der Waals surface area contributed by atoms with Gasteiger partial charge in [-0.25, -0.2) is 0 Å². The fraction of sp³-hybridized carbons (Fsp3) is 0.571. The summed E-state index contributed by atoms with van der Waals surface area (Å²) in [6.45, 7) is 1.56. The fourth-order valence-corrected chi connectivity index (χ4v) is 0.982. The molecule has 0 aliphatic carbocycles. The number of hydrogen-bond acceptors (Lipinski definition) is 4. The molecule has 66 valence electrons. The third-order valence-electron chi connectivity index (χ3n) is 1.72. The molecule has 0 saturated carbocycles. The quantitative estimate of drug-likeness (QED) is 0.637. The highest BCUT2D eigenvalue weighted by molar-refractivity contribution is 5.81. The summed E-state index contributed by atoms with van der Waals surface area (Å²) in [5.74, 6) is 0.112. The third-order valence-corrected chi connectivity index (χ3v) is 1.72. The highest BCUT2D eigenvalue weighted by Gasteiger charge is 2.12. The van der Waals surface area contributed by atoms with E-state index < -0.39 is 0 Å². The number of carbonyl (C=O) groups excluding carboxylic acids is 1. The average molecular weight is 168 g/mol. The molecule has 0 bridgehead atoms. The Labute approximate surface area is 70.6 Å². The van der Waals surface area contributed by atoms with E-state index in [0.717, 1.165) is 5.69 Å². The van der Waals surface area contributed by atoms with E-state index in [1.54, 1.807) is 20.2 Å². The monoisotopic (exact) mass is 168 g/mol. The van der Waals surface area contributed by atoms with E-state index in [-0.39, 0.29) is 11.8 Å². The molecule has 2 N–H and O–H groups in total. The zero-order valence-electron chi connectivity index (χ0n) is 7.16. The number of rotatable bonds is 4. The van der Waals surface area contributed by atoms with E-state index in [2.05, 4.69) is 20.7 Å². The Bertz CT molecular complexity index is 244. The van der Waals surface area contributed by atoms with E-state index >= 15 is 0 Å². The molecular formula is C7H12N4O. The Kier molecular flexibility index (Phi) is 2.93. The summed E-state index contributed by atoms with van der Waals surface area (Å²) in [4.78, 5) is 11.0. The number of H-pyrrole nitrogens is 1. The van der Waals surface area contributed by atoms with Gasteiger partial charge >= 0.3 is 0 Å². The second-order valence-electron chi connectivity index (χ2n) is 2.62. The molecule has 0 aliphatic heterocycles. The van der Waals surface area contributed by atoms with Gasteiger partial charge in [-0.05, 0) is 14.0 Å². The second kappa shape index (κ2) is 3.96. The van der Waals surface area contributed by atoms with Crippen LogP contribution in [0.1, 0.15) is 12.6 Å². The molecule has 1 atom stereocenters. The van der Waals surface area contributed by atoms with Crippen molar-refractivity contribution in [3.63, 3.8) is 0 Å². The minimum absolute atomic E-state index is 0.112. The van der Waals surface area contributed by atoms with E-state index in [1.165, 1.54) is 0 Å². The Morgan fingerprint density at radius 3 is 3.00 bits per heavy atom. The highest BCUT2D eigenvalue weighted by atomic mass is 16.1. The van der Waals surface area contributed by atoms with Gasteiger partial charge in [0.15, 0.2) is 0 Å². The zero-order valence-corrected chi connectivity index (χ0v) is 7.16. The van der Waals surface area contributed by atoms with Gasteiger partial charge < -0.3 is 5.32 Å². The van der Waals surface area contributed by atoms with Crippen molar-refractivity contribution >= 4 is 5.78 Å². The predicted molar refractivity (Wildman–Crippen MR) is 43.6 cm³/mol. The lowest BCUT2D eigenvalue weighted by Crippen LogP contribution is -2.34. The number of carbonyl (C=O) groups is 1. The van der Waals surface area contributed by atoms with Crippen LogP contribution in [0.15, 0.2) is 6.20 Å². The molecule has 1 aromatic rings. The molecule has 0 unspecified atom stereocenters. The molecule has 0 amide bonds. The number of likely N-dealkylation sites (N-methyl/N-ethyl adjacent to an activating group) is 1. The number of nitrogens with zero attached hydrogens (tertiary/aromatic N) is 2. The largest absolute Gasteiger partial charge is 0.310 e. The maximum absolute atomic E-state index is 11.0. The molecule has 0 aliphatic rings. The van der Waals surface area contributed by atoms with Crippen LogP contribution in [0, 0.1) is 0 Å². The number of hydrogen-bond donors (Lipinski definition) is 2. The molecule has 12 heavy (non-hydrogen) atoms. The van der Waals surface area contributed by atoms with Gasteiger partial charge in [0.1, 0.15) is 5.78 Å². The SMILES string of the molecule is CN[C@@H](Cc1cn[nH]n1)C(C)=O. The van der Waals surface area contributed by atoms with Crippen LogP contribution in [0.25, 0.3) is 0 Å². The molecule has 0 saturated heterocycles. The Hall–Kier alpha value is -1.23. The first-order valence-electron chi connectivity index (χ1n) is 3.76. The van der Waals surface area contributed by atoms with E-state index in [1.807, 2.05) is 0 Å². The summed E-state index contributed by atoms with van der Waals surface area (Å²) in [7, 11) is 1.76. The fourth-order valence-electron chi connectivity index (χ4n) is 0.982. The lowest BCUT2D eigenvalue weighted by molar-refractivity contribution is -0.118. The van der Waals surface area contributed by atoms with Crippen LogP contribution in [0.2, 0.25) is 0 Å². The molecule has 1 aromatic heterocycles. The van der Waals surface area contributed by atoms with Crippen molar-refractivity contribution < 1.29 is 4.79 Å².